The largest absolute Gasteiger partial charge is 0.352 e. The van der Waals surface area contributed by atoms with Crippen molar-refractivity contribution in [2.75, 3.05) is 6.54 Å². The summed E-state index contributed by atoms with van der Waals surface area (Å²) >= 11 is 0. The first-order chi connectivity index (χ1) is 8.69. The zero-order valence-corrected chi connectivity index (χ0v) is 10.6. The van der Waals surface area contributed by atoms with Crippen molar-refractivity contribution >= 4 is 5.91 Å². The highest BCUT2D eigenvalue weighted by atomic mass is 16.1. The van der Waals surface area contributed by atoms with Gasteiger partial charge >= 0.3 is 0 Å². The van der Waals surface area contributed by atoms with Crippen LogP contribution in [0.5, 0.6) is 0 Å². The standard InChI is InChI=1S/C15H18N2O/c1-11-5-6-13(7-11)10-17-15(18)14-4-2-3-12(8-14)9-16/h2-4,8,11,13H,5-7,10H2,1H3,(H,17,18). The van der Waals surface area contributed by atoms with Crippen LogP contribution in [0.15, 0.2) is 24.3 Å². The number of hydrogen-bond acceptors (Lipinski definition) is 2. The monoisotopic (exact) mass is 242 g/mol. The van der Waals surface area contributed by atoms with Gasteiger partial charge in [0.25, 0.3) is 5.91 Å². The summed E-state index contributed by atoms with van der Waals surface area (Å²) in [6.07, 6.45) is 3.68. The van der Waals surface area contributed by atoms with Gasteiger partial charge in [0.2, 0.25) is 0 Å². The van der Waals surface area contributed by atoms with E-state index in [9.17, 15) is 4.79 Å². The van der Waals surface area contributed by atoms with Crippen molar-refractivity contribution in [2.45, 2.75) is 26.2 Å². The Kier molecular flexibility index (Phi) is 3.99. The second kappa shape index (κ2) is 5.68. The van der Waals surface area contributed by atoms with Crippen molar-refractivity contribution in [3.63, 3.8) is 0 Å². The Morgan fingerprint density at radius 2 is 2.33 bits per heavy atom. The topological polar surface area (TPSA) is 52.9 Å². The lowest BCUT2D eigenvalue weighted by Gasteiger charge is -2.11. The molecule has 3 nitrogen and oxygen atoms in total. The molecule has 0 aromatic heterocycles. The van der Waals surface area contributed by atoms with Crippen LogP contribution in [0.25, 0.3) is 0 Å². The summed E-state index contributed by atoms with van der Waals surface area (Å²) in [5, 5.41) is 11.8. The highest BCUT2D eigenvalue weighted by Gasteiger charge is 2.21. The van der Waals surface area contributed by atoms with Gasteiger partial charge in [0, 0.05) is 12.1 Å². The van der Waals surface area contributed by atoms with Crippen LogP contribution in [0.2, 0.25) is 0 Å². The van der Waals surface area contributed by atoms with Crippen LogP contribution in [0.3, 0.4) is 0 Å². The Bertz CT molecular complexity index is 476. The minimum atomic E-state index is -0.0772. The van der Waals surface area contributed by atoms with Crippen LogP contribution in [0, 0.1) is 23.2 Å². The summed E-state index contributed by atoms with van der Waals surface area (Å²) in [4.78, 5) is 11.9. The van der Waals surface area contributed by atoms with Gasteiger partial charge in [-0.15, -0.1) is 0 Å². The predicted molar refractivity (Wildman–Crippen MR) is 70.0 cm³/mol. The molecule has 18 heavy (non-hydrogen) atoms. The quantitative estimate of drug-likeness (QED) is 0.886. The Hall–Kier alpha value is -1.82. The fourth-order valence-electron chi connectivity index (χ4n) is 2.58. The molecule has 0 heterocycles. The minimum Gasteiger partial charge on any atom is -0.352 e. The van der Waals surface area contributed by atoms with Gasteiger partial charge in [-0.3, -0.25) is 4.79 Å². The van der Waals surface area contributed by atoms with E-state index < -0.39 is 0 Å². The lowest BCUT2D eigenvalue weighted by atomic mass is 10.1. The summed E-state index contributed by atoms with van der Waals surface area (Å²) in [5.41, 5.74) is 1.09. The van der Waals surface area contributed by atoms with E-state index in [4.69, 9.17) is 5.26 Å². The third-order valence-electron chi connectivity index (χ3n) is 3.61. The molecule has 0 spiro atoms. The minimum absolute atomic E-state index is 0.0772. The summed E-state index contributed by atoms with van der Waals surface area (Å²) < 4.78 is 0. The van der Waals surface area contributed by atoms with E-state index >= 15 is 0 Å². The number of rotatable bonds is 3. The molecule has 0 aliphatic heterocycles. The molecule has 3 heteroatoms. The van der Waals surface area contributed by atoms with Crippen molar-refractivity contribution in [3.8, 4) is 6.07 Å². The highest BCUT2D eigenvalue weighted by molar-refractivity contribution is 5.94. The molecule has 2 unspecified atom stereocenters. The molecule has 1 amide bonds. The van der Waals surface area contributed by atoms with E-state index in [1.807, 2.05) is 6.07 Å². The fourth-order valence-corrected chi connectivity index (χ4v) is 2.58. The third-order valence-corrected chi connectivity index (χ3v) is 3.61. The van der Waals surface area contributed by atoms with Crippen LogP contribution in [-0.4, -0.2) is 12.5 Å². The average molecular weight is 242 g/mol. The lowest BCUT2D eigenvalue weighted by Crippen LogP contribution is -2.28. The van der Waals surface area contributed by atoms with Crippen molar-refractivity contribution in [2.24, 2.45) is 11.8 Å². The van der Waals surface area contributed by atoms with Gasteiger partial charge in [0.05, 0.1) is 11.6 Å². The van der Waals surface area contributed by atoms with Crippen LogP contribution < -0.4 is 5.32 Å². The van der Waals surface area contributed by atoms with Gasteiger partial charge in [0.15, 0.2) is 0 Å². The maximum absolute atomic E-state index is 11.9. The number of hydrogen-bond donors (Lipinski definition) is 1. The van der Waals surface area contributed by atoms with E-state index in [0.29, 0.717) is 17.0 Å². The van der Waals surface area contributed by atoms with Gasteiger partial charge in [-0.05, 0) is 42.9 Å². The Morgan fingerprint density at radius 1 is 1.50 bits per heavy atom. The Morgan fingerprint density at radius 3 is 3.00 bits per heavy atom. The molecule has 1 aromatic rings. The van der Waals surface area contributed by atoms with Crippen LogP contribution >= 0.6 is 0 Å². The lowest BCUT2D eigenvalue weighted by molar-refractivity contribution is 0.0947. The summed E-state index contributed by atoms with van der Waals surface area (Å²) in [6, 6.07) is 8.87. The van der Waals surface area contributed by atoms with Gasteiger partial charge in [0.1, 0.15) is 0 Å². The summed E-state index contributed by atoms with van der Waals surface area (Å²) in [5.74, 6) is 1.32. The molecule has 1 aliphatic carbocycles. The molecule has 0 radical (unpaired) electrons. The number of amides is 1. The first-order valence-electron chi connectivity index (χ1n) is 6.47. The molecule has 1 N–H and O–H groups in total. The zero-order valence-electron chi connectivity index (χ0n) is 10.6. The predicted octanol–water partition coefficient (Wildman–Crippen LogP) is 2.72. The van der Waals surface area contributed by atoms with E-state index in [0.717, 1.165) is 12.5 Å². The second-order valence-corrected chi connectivity index (χ2v) is 5.19. The molecule has 1 aliphatic rings. The SMILES string of the molecule is CC1CCC(CNC(=O)c2cccc(C#N)c2)C1. The first-order valence-corrected chi connectivity index (χ1v) is 6.47. The van der Waals surface area contributed by atoms with E-state index in [1.54, 1.807) is 24.3 Å². The molecule has 0 bridgehead atoms. The maximum atomic E-state index is 11.9. The molecule has 94 valence electrons. The number of carbonyl (C=O) groups excluding carboxylic acids is 1. The zero-order chi connectivity index (χ0) is 13.0. The van der Waals surface area contributed by atoms with E-state index in [-0.39, 0.29) is 5.91 Å². The normalized spacial score (nSPS) is 22.4. The summed E-state index contributed by atoms with van der Waals surface area (Å²) in [7, 11) is 0. The molecule has 0 saturated heterocycles. The molecular weight excluding hydrogens is 224 g/mol. The van der Waals surface area contributed by atoms with Gasteiger partial charge in [-0.25, -0.2) is 0 Å². The number of nitrogens with one attached hydrogen (secondary N) is 1. The van der Waals surface area contributed by atoms with Gasteiger partial charge in [-0.1, -0.05) is 19.4 Å². The fraction of sp³-hybridized carbons (Fsp3) is 0.467. The maximum Gasteiger partial charge on any atom is 0.251 e. The smallest absolute Gasteiger partial charge is 0.251 e. The molecular formula is C15H18N2O. The Balaban J connectivity index is 1.89. The molecule has 2 atom stereocenters. The number of carbonyl (C=O) groups is 1. The molecule has 1 fully saturated rings. The van der Waals surface area contributed by atoms with Crippen molar-refractivity contribution in [1.29, 1.82) is 5.26 Å². The van der Waals surface area contributed by atoms with Crippen LogP contribution in [-0.2, 0) is 0 Å². The van der Waals surface area contributed by atoms with E-state index in [1.165, 1.54) is 19.3 Å². The van der Waals surface area contributed by atoms with Gasteiger partial charge < -0.3 is 5.32 Å². The third kappa shape index (κ3) is 3.10. The van der Waals surface area contributed by atoms with E-state index in [2.05, 4.69) is 12.2 Å². The van der Waals surface area contributed by atoms with Crippen molar-refractivity contribution in [1.82, 2.24) is 5.32 Å². The highest BCUT2D eigenvalue weighted by Crippen LogP contribution is 2.29. The number of nitrogens with zero attached hydrogens (tertiary/aromatic N) is 1. The van der Waals surface area contributed by atoms with Crippen LogP contribution in [0.1, 0.15) is 42.1 Å². The summed E-state index contributed by atoms with van der Waals surface area (Å²) in [6.45, 7) is 3.01. The van der Waals surface area contributed by atoms with Crippen LogP contribution in [0.4, 0.5) is 0 Å². The Labute approximate surface area is 108 Å². The molecule has 1 saturated carbocycles. The number of benzene rings is 1. The van der Waals surface area contributed by atoms with Crippen molar-refractivity contribution < 1.29 is 4.79 Å². The van der Waals surface area contributed by atoms with Gasteiger partial charge in [-0.2, -0.15) is 5.26 Å². The average Bonchev–Trinajstić information content (AvgIpc) is 2.82. The molecule has 1 aromatic carbocycles. The number of nitriles is 1. The first kappa shape index (κ1) is 12.6. The molecule has 2 rings (SSSR count). The van der Waals surface area contributed by atoms with Crippen molar-refractivity contribution in [3.05, 3.63) is 35.4 Å². The second-order valence-electron chi connectivity index (χ2n) is 5.19.